The molecule has 0 bridgehead atoms. The first kappa shape index (κ1) is 23.7. The fourth-order valence-corrected chi connectivity index (χ4v) is 4.49. The van der Waals surface area contributed by atoms with Gasteiger partial charge in [0, 0.05) is 31.1 Å². The number of nitrogens with zero attached hydrogens (tertiary/aromatic N) is 3. The smallest absolute Gasteiger partial charge is 0.266 e. The summed E-state index contributed by atoms with van der Waals surface area (Å²) >= 11 is 0. The van der Waals surface area contributed by atoms with Crippen LogP contribution in [0, 0.1) is 12.7 Å². The van der Waals surface area contributed by atoms with Crippen molar-refractivity contribution in [3.63, 3.8) is 0 Å². The molecule has 0 radical (unpaired) electrons. The summed E-state index contributed by atoms with van der Waals surface area (Å²) in [5.74, 6) is -0.217. The average molecular weight is 473 g/mol. The molecular weight excluding hydrogens is 447 g/mol. The second-order valence-electron chi connectivity index (χ2n) is 8.63. The van der Waals surface area contributed by atoms with Gasteiger partial charge in [0.15, 0.2) is 0 Å². The molecule has 3 aromatic rings. The molecule has 10 heteroatoms. The number of likely N-dealkylation sites (tertiary alicyclic amines) is 1. The summed E-state index contributed by atoms with van der Waals surface area (Å²) in [4.78, 5) is 37.8. The molecule has 0 saturated carbocycles. The van der Waals surface area contributed by atoms with Gasteiger partial charge in [0.05, 0.1) is 17.0 Å². The Hall–Kier alpha value is -3.43. The number of alkyl halides is 2. The molecule has 1 aliphatic heterocycles. The van der Waals surface area contributed by atoms with Crippen LogP contribution in [0.4, 0.5) is 19.0 Å². The van der Waals surface area contributed by atoms with Gasteiger partial charge in [0.25, 0.3) is 12.0 Å². The molecule has 7 nitrogen and oxygen atoms in total. The van der Waals surface area contributed by atoms with Crippen molar-refractivity contribution in [2.24, 2.45) is 0 Å². The van der Waals surface area contributed by atoms with Gasteiger partial charge < -0.3 is 15.2 Å². The predicted molar refractivity (Wildman–Crippen MR) is 123 cm³/mol. The molecule has 34 heavy (non-hydrogen) atoms. The minimum atomic E-state index is -2.92. The lowest BCUT2D eigenvalue weighted by Crippen LogP contribution is -2.37. The Balaban J connectivity index is 1.69. The quantitative estimate of drug-likeness (QED) is 0.565. The average Bonchev–Trinajstić information content (AvgIpc) is 2.78. The van der Waals surface area contributed by atoms with Crippen LogP contribution >= 0.6 is 0 Å². The summed E-state index contributed by atoms with van der Waals surface area (Å²) in [6.45, 7) is 5.99. The molecule has 0 aliphatic carbocycles. The lowest BCUT2D eigenvalue weighted by Gasteiger charge is -2.31. The molecule has 0 unspecified atom stereocenters. The number of rotatable bonds is 5. The molecule has 1 fully saturated rings. The van der Waals surface area contributed by atoms with Gasteiger partial charge in [-0.3, -0.25) is 9.59 Å². The number of piperidine rings is 1. The number of nitrogens with one attached hydrogen (secondary N) is 2. The predicted octanol–water partition coefficient (Wildman–Crippen LogP) is 4.60. The Morgan fingerprint density at radius 2 is 1.88 bits per heavy atom. The van der Waals surface area contributed by atoms with Crippen LogP contribution in [0.15, 0.2) is 29.1 Å². The first-order valence-electron chi connectivity index (χ1n) is 11.2. The first-order chi connectivity index (χ1) is 16.2. The molecule has 1 atom stereocenters. The van der Waals surface area contributed by atoms with E-state index < -0.39 is 23.8 Å². The number of aromatic nitrogens is 3. The Morgan fingerprint density at radius 3 is 2.53 bits per heavy atom. The maximum absolute atomic E-state index is 14.7. The number of carbonyl (C=O) groups excluding carboxylic acids is 1. The second kappa shape index (κ2) is 9.44. The number of hydrogen-bond acceptors (Lipinski definition) is 5. The van der Waals surface area contributed by atoms with Crippen LogP contribution < -0.4 is 10.9 Å². The molecule has 1 amide bonds. The van der Waals surface area contributed by atoms with Crippen molar-refractivity contribution in [1.29, 1.82) is 0 Å². The van der Waals surface area contributed by atoms with E-state index in [1.54, 1.807) is 24.8 Å². The fraction of sp³-hybridized carbons (Fsp3) is 0.417. The fourth-order valence-electron chi connectivity index (χ4n) is 4.49. The van der Waals surface area contributed by atoms with E-state index in [4.69, 9.17) is 0 Å². The number of fused-ring (bicyclic) bond motifs is 1. The number of aryl methyl sites for hydroxylation is 1. The van der Waals surface area contributed by atoms with Gasteiger partial charge in [-0.15, -0.1) is 0 Å². The third-order valence-corrected chi connectivity index (χ3v) is 6.34. The van der Waals surface area contributed by atoms with Crippen molar-refractivity contribution >= 4 is 22.8 Å². The van der Waals surface area contributed by atoms with Gasteiger partial charge in [-0.25, -0.2) is 23.1 Å². The summed E-state index contributed by atoms with van der Waals surface area (Å²) in [5.41, 5.74) is 0.0899. The molecular formula is C24H26F3N5O2. The number of aromatic amines is 1. The zero-order valence-electron chi connectivity index (χ0n) is 19.2. The maximum Gasteiger partial charge on any atom is 0.266 e. The third-order valence-electron chi connectivity index (χ3n) is 6.34. The summed E-state index contributed by atoms with van der Waals surface area (Å²) in [6, 6.07) is 4.97. The van der Waals surface area contributed by atoms with Crippen molar-refractivity contribution in [2.75, 3.05) is 18.4 Å². The van der Waals surface area contributed by atoms with Crippen molar-refractivity contribution in [2.45, 2.75) is 52.0 Å². The van der Waals surface area contributed by atoms with E-state index in [2.05, 4.69) is 20.3 Å². The highest BCUT2D eigenvalue weighted by molar-refractivity contribution is 5.87. The summed E-state index contributed by atoms with van der Waals surface area (Å²) in [5, 5.41) is 3.66. The van der Waals surface area contributed by atoms with E-state index in [1.807, 2.05) is 0 Å². The summed E-state index contributed by atoms with van der Waals surface area (Å²) in [6.07, 6.45) is -1.60. The number of anilines is 1. The zero-order chi connectivity index (χ0) is 24.6. The third kappa shape index (κ3) is 4.62. The van der Waals surface area contributed by atoms with Crippen LogP contribution in [0.25, 0.3) is 11.0 Å². The SMILES string of the molecule is CC(=O)N1CCC(c2cc3c(N[C@H](C)c4cccc(C(F)F)c4F)nc(C)nc3[nH]c2=O)CC1. The van der Waals surface area contributed by atoms with Gasteiger partial charge in [-0.05, 0) is 38.7 Å². The number of carbonyl (C=O) groups is 1. The van der Waals surface area contributed by atoms with E-state index in [1.165, 1.54) is 19.1 Å². The van der Waals surface area contributed by atoms with Crippen LogP contribution in [-0.2, 0) is 4.79 Å². The Bertz CT molecular complexity index is 1290. The minimum absolute atomic E-state index is 0.0124. The second-order valence-corrected chi connectivity index (χ2v) is 8.63. The summed E-state index contributed by atoms with van der Waals surface area (Å²) < 4.78 is 41.0. The van der Waals surface area contributed by atoms with Gasteiger partial charge in [-0.1, -0.05) is 18.2 Å². The molecule has 180 valence electrons. The van der Waals surface area contributed by atoms with Gasteiger partial charge in [0.1, 0.15) is 23.1 Å². The monoisotopic (exact) mass is 473 g/mol. The van der Waals surface area contributed by atoms with Crippen molar-refractivity contribution in [1.82, 2.24) is 19.9 Å². The standard InChI is InChI=1S/C24H26F3N5O2/c1-12(16-5-4-6-17(20(16)25)21(26)27)28-22-19-11-18(15-7-9-32(10-8-15)14(3)33)24(34)31-23(19)30-13(2)29-22/h4-6,11-12,15,21H,7-10H2,1-3H3,(H2,28,29,30,31,34)/t12-/m1/s1. The molecule has 4 rings (SSSR count). The lowest BCUT2D eigenvalue weighted by molar-refractivity contribution is -0.129. The van der Waals surface area contributed by atoms with E-state index in [0.717, 1.165) is 6.07 Å². The largest absolute Gasteiger partial charge is 0.363 e. The van der Waals surface area contributed by atoms with E-state index >= 15 is 0 Å². The highest BCUT2D eigenvalue weighted by Gasteiger charge is 2.25. The molecule has 2 N–H and O–H groups in total. The van der Waals surface area contributed by atoms with Crippen LogP contribution in [0.3, 0.4) is 0 Å². The van der Waals surface area contributed by atoms with Crippen molar-refractivity contribution in [3.8, 4) is 0 Å². The first-order valence-corrected chi connectivity index (χ1v) is 11.2. The van der Waals surface area contributed by atoms with Crippen LogP contribution in [0.2, 0.25) is 0 Å². The van der Waals surface area contributed by atoms with Crippen LogP contribution in [0.1, 0.15) is 67.6 Å². The number of pyridine rings is 1. The number of amides is 1. The zero-order valence-corrected chi connectivity index (χ0v) is 19.2. The molecule has 1 aliphatic rings. The molecule has 1 aromatic carbocycles. The topological polar surface area (TPSA) is 91.0 Å². The Labute approximate surface area is 194 Å². The van der Waals surface area contributed by atoms with E-state index in [-0.39, 0.29) is 22.9 Å². The van der Waals surface area contributed by atoms with E-state index in [0.29, 0.717) is 54.2 Å². The molecule has 3 heterocycles. The van der Waals surface area contributed by atoms with Crippen molar-refractivity contribution < 1.29 is 18.0 Å². The highest BCUT2D eigenvalue weighted by Crippen LogP contribution is 2.32. The maximum atomic E-state index is 14.7. The number of halogens is 3. The van der Waals surface area contributed by atoms with Gasteiger partial charge in [0.2, 0.25) is 5.91 Å². The number of benzene rings is 1. The normalized spacial score (nSPS) is 15.7. The minimum Gasteiger partial charge on any atom is -0.363 e. The molecule has 2 aromatic heterocycles. The van der Waals surface area contributed by atoms with Crippen molar-refractivity contribution in [3.05, 3.63) is 63.0 Å². The van der Waals surface area contributed by atoms with Gasteiger partial charge >= 0.3 is 0 Å². The molecule has 0 spiro atoms. The number of hydrogen-bond donors (Lipinski definition) is 2. The Kier molecular flexibility index (Phi) is 6.58. The summed E-state index contributed by atoms with van der Waals surface area (Å²) in [7, 11) is 0. The van der Waals surface area contributed by atoms with E-state index in [9.17, 15) is 22.8 Å². The molecule has 1 saturated heterocycles. The highest BCUT2D eigenvalue weighted by atomic mass is 19.3. The lowest BCUT2D eigenvalue weighted by atomic mass is 9.89. The van der Waals surface area contributed by atoms with Crippen LogP contribution in [0.5, 0.6) is 0 Å². The Morgan fingerprint density at radius 1 is 1.21 bits per heavy atom. The van der Waals surface area contributed by atoms with Crippen LogP contribution in [-0.4, -0.2) is 38.8 Å². The van der Waals surface area contributed by atoms with Gasteiger partial charge in [-0.2, -0.15) is 0 Å². The number of H-pyrrole nitrogens is 1.